The molecular formula is C21H21ClF2N6O2S. The summed E-state index contributed by atoms with van der Waals surface area (Å²) in [6, 6.07) is 5.58. The van der Waals surface area contributed by atoms with E-state index in [1.807, 2.05) is 0 Å². The molecule has 1 aliphatic heterocycles. The Morgan fingerprint density at radius 1 is 1.27 bits per heavy atom. The fraction of sp³-hybridized carbons (Fsp3) is 0.333. The lowest BCUT2D eigenvalue weighted by molar-refractivity contribution is 0.326. The summed E-state index contributed by atoms with van der Waals surface area (Å²) < 4.78 is 51.4. The second-order valence-corrected chi connectivity index (χ2v) is 11.5. The fourth-order valence-electron chi connectivity index (χ4n) is 3.63. The molecule has 0 spiro atoms. The number of aliphatic imine (C=N–C) groups is 1. The third-order valence-corrected chi connectivity index (χ3v) is 9.27. The van der Waals surface area contributed by atoms with Gasteiger partial charge in [0.1, 0.15) is 28.6 Å². The summed E-state index contributed by atoms with van der Waals surface area (Å²) >= 11 is 5.81. The number of aromatic nitrogens is 3. The molecule has 0 unspecified atom stereocenters. The lowest BCUT2D eigenvalue weighted by Gasteiger charge is -2.41. The average molecular weight is 495 g/mol. The van der Waals surface area contributed by atoms with E-state index in [4.69, 9.17) is 21.9 Å². The molecule has 4 rings (SSSR count). The Hall–Kier alpha value is -2.92. The zero-order chi connectivity index (χ0) is 24.0. The molecule has 3 heterocycles. The van der Waals surface area contributed by atoms with Crippen LogP contribution in [0.1, 0.15) is 19.4 Å². The molecule has 2 aromatic heterocycles. The minimum Gasteiger partial charge on any atom is -0.386 e. The highest BCUT2D eigenvalue weighted by Gasteiger charge is 2.50. The minimum atomic E-state index is -3.05. The van der Waals surface area contributed by atoms with E-state index >= 15 is 4.39 Å². The highest BCUT2D eigenvalue weighted by atomic mass is 35.5. The molecule has 174 valence electrons. The quantitative estimate of drug-likeness (QED) is 0.585. The van der Waals surface area contributed by atoms with Crippen molar-refractivity contribution in [3.8, 4) is 22.8 Å². The first-order valence-electron chi connectivity index (χ1n) is 9.84. The molecule has 2 N–H and O–H groups in total. The smallest absolute Gasteiger partial charge is 0.181 e. The average Bonchev–Trinajstić information content (AvgIpc) is 3.28. The van der Waals surface area contributed by atoms with Gasteiger partial charge in [-0.3, -0.25) is 4.99 Å². The molecule has 0 fully saturated rings. The standard InChI is InChI=1S/C21H21ClF2N6O2S/c1-20(2)19(25)29-21(10-23,11-33(20,31)26-3)14-6-12(4-5-15(14)24)17-7-16(30-32-17)18-27-8-13(22)9-28-18/h4-9H,10-11H2,1-3H3,(H2,25,29)/t21-,33+/m0/s1. The summed E-state index contributed by atoms with van der Waals surface area (Å²) in [6.07, 6.45) is 2.84. The first-order valence-corrected chi connectivity index (χ1v) is 11.9. The third kappa shape index (κ3) is 3.78. The Balaban J connectivity index is 1.82. The van der Waals surface area contributed by atoms with Crippen LogP contribution in [0.2, 0.25) is 5.02 Å². The van der Waals surface area contributed by atoms with E-state index in [1.54, 1.807) is 19.9 Å². The van der Waals surface area contributed by atoms with Crippen LogP contribution in [-0.4, -0.2) is 49.4 Å². The van der Waals surface area contributed by atoms with Crippen LogP contribution in [0.4, 0.5) is 8.78 Å². The Bertz CT molecular complexity index is 1370. The van der Waals surface area contributed by atoms with E-state index in [0.717, 1.165) is 0 Å². The number of hydrogen-bond donors (Lipinski definition) is 1. The summed E-state index contributed by atoms with van der Waals surface area (Å²) in [5.41, 5.74) is 4.95. The zero-order valence-electron chi connectivity index (χ0n) is 18.1. The number of rotatable bonds is 4. The summed E-state index contributed by atoms with van der Waals surface area (Å²) in [5, 5.41) is 4.31. The van der Waals surface area contributed by atoms with Crippen LogP contribution in [0.25, 0.3) is 22.8 Å². The van der Waals surface area contributed by atoms with Gasteiger partial charge in [0, 0.05) is 36.6 Å². The molecule has 0 saturated carbocycles. The van der Waals surface area contributed by atoms with Gasteiger partial charge in [0.15, 0.2) is 17.3 Å². The molecule has 0 amide bonds. The van der Waals surface area contributed by atoms with Crippen LogP contribution >= 0.6 is 11.6 Å². The number of alkyl halides is 1. The van der Waals surface area contributed by atoms with Gasteiger partial charge in [-0.1, -0.05) is 16.8 Å². The van der Waals surface area contributed by atoms with E-state index in [9.17, 15) is 8.60 Å². The van der Waals surface area contributed by atoms with Gasteiger partial charge in [-0.25, -0.2) is 27.3 Å². The van der Waals surface area contributed by atoms with Gasteiger partial charge in [0.25, 0.3) is 0 Å². The Labute approximate surface area is 194 Å². The minimum absolute atomic E-state index is 0.0476. The molecule has 0 bridgehead atoms. The molecule has 1 aromatic carbocycles. The van der Waals surface area contributed by atoms with Gasteiger partial charge in [-0.05, 0) is 32.0 Å². The highest BCUT2D eigenvalue weighted by Crippen LogP contribution is 2.41. The van der Waals surface area contributed by atoms with Crippen molar-refractivity contribution in [1.82, 2.24) is 15.1 Å². The van der Waals surface area contributed by atoms with Gasteiger partial charge >= 0.3 is 0 Å². The number of hydrogen-bond acceptors (Lipinski definition) is 8. The lowest BCUT2D eigenvalue weighted by atomic mass is 9.90. The Morgan fingerprint density at radius 3 is 2.61 bits per heavy atom. The van der Waals surface area contributed by atoms with Crippen molar-refractivity contribution in [3.63, 3.8) is 0 Å². The van der Waals surface area contributed by atoms with E-state index in [0.29, 0.717) is 16.3 Å². The lowest BCUT2D eigenvalue weighted by Crippen LogP contribution is -2.56. The van der Waals surface area contributed by atoms with Crippen molar-refractivity contribution in [2.75, 3.05) is 19.5 Å². The van der Waals surface area contributed by atoms with Crippen molar-refractivity contribution < 1.29 is 17.5 Å². The van der Waals surface area contributed by atoms with E-state index < -0.39 is 32.5 Å². The van der Waals surface area contributed by atoms with Crippen molar-refractivity contribution in [3.05, 3.63) is 53.1 Å². The van der Waals surface area contributed by atoms with Crippen molar-refractivity contribution in [1.29, 1.82) is 0 Å². The molecule has 1 aliphatic rings. The number of nitrogens with two attached hydrogens (primary N) is 1. The SMILES string of the molecule is CN=[S@@]1(=O)C[C@@](CF)(c2cc(-c3cc(-c4ncc(Cl)cn4)no3)ccc2F)N=C(N)C1(C)C. The van der Waals surface area contributed by atoms with Crippen LogP contribution in [0.15, 0.2) is 50.5 Å². The molecule has 0 saturated heterocycles. The van der Waals surface area contributed by atoms with E-state index in [2.05, 4.69) is 24.5 Å². The first-order chi connectivity index (χ1) is 15.5. The highest BCUT2D eigenvalue weighted by molar-refractivity contribution is 7.95. The molecule has 2 atom stereocenters. The third-order valence-electron chi connectivity index (χ3n) is 5.81. The largest absolute Gasteiger partial charge is 0.386 e. The maximum atomic E-state index is 15.0. The predicted molar refractivity (Wildman–Crippen MR) is 123 cm³/mol. The van der Waals surface area contributed by atoms with Gasteiger partial charge in [-0.2, -0.15) is 0 Å². The van der Waals surface area contributed by atoms with E-state index in [1.165, 1.54) is 37.6 Å². The normalized spacial score (nSPS) is 24.4. The maximum Gasteiger partial charge on any atom is 0.181 e. The molecule has 12 heteroatoms. The van der Waals surface area contributed by atoms with Crippen LogP contribution in [-0.2, 0) is 15.3 Å². The van der Waals surface area contributed by atoms with Crippen LogP contribution in [0.5, 0.6) is 0 Å². The van der Waals surface area contributed by atoms with Crippen molar-refractivity contribution >= 4 is 27.2 Å². The van der Waals surface area contributed by atoms with Crippen molar-refractivity contribution in [2.45, 2.75) is 24.1 Å². The van der Waals surface area contributed by atoms with Crippen LogP contribution in [0.3, 0.4) is 0 Å². The predicted octanol–water partition coefficient (Wildman–Crippen LogP) is 4.00. The Kier molecular flexibility index (Phi) is 5.73. The molecule has 3 aromatic rings. The summed E-state index contributed by atoms with van der Waals surface area (Å²) in [6.45, 7) is 2.15. The summed E-state index contributed by atoms with van der Waals surface area (Å²) in [4.78, 5) is 12.5. The molecule has 0 aliphatic carbocycles. The molecule has 0 radical (unpaired) electrons. The number of nitrogens with zero attached hydrogens (tertiary/aromatic N) is 5. The van der Waals surface area contributed by atoms with Gasteiger partial charge < -0.3 is 10.3 Å². The number of amidine groups is 1. The van der Waals surface area contributed by atoms with Gasteiger partial charge in [0.2, 0.25) is 0 Å². The zero-order valence-corrected chi connectivity index (χ0v) is 19.6. The second-order valence-electron chi connectivity index (χ2n) is 8.14. The van der Waals surface area contributed by atoms with E-state index in [-0.39, 0.29) is 28.7 Å². The van der Waals surface area contributed by atoms with Crippen molar-refractivity contribution in [2.24, 2.45) is 15.1 Å². The summed E-state index contributed by atoms with van der Waals surface area (Å²) in [7, 11) is -1.67. The molecule has 8 nitrogen and oxygen atoms in total. The topological polar surface area (TPSA) is 120 Å². The maximum absolute atomic E-state index is 15.0. The van der Waals surface area contributed by atoms with Crippen LogP contribution < -0.4 is 5.73 Å². The molecule has 33 heavy (non-hydrogen) atoms. The fourth-order valence-corrected chi connectivity index (χ4v) is 5.99. The molecular weight excluding hydrogens is 474 g/mol. The Morgan fingerprint density at radius 2 is 1.97 bits per heavy atom. The number of benzene rings is 1. The monoisotopic (exact) mass is 494 g/mol. The first kappa shape index (κ1) is 23.2. The van der Waals surface area contributed by atoms with Gasteiger partial charge in [0.05, 0.1) is 20.5 Å². The summed E-state index contributed by atoms with van der Waals surface area (Å²) in [5.74, 6) is -0.526. The number of halogens is 3. The second kappa shape index (κ2) is 8.14. The van der Waals surface area contributed by atoms with Crippen LogP contribution in [0, 0.1) is 5.82 Å². The van der Waals surface area contributed by atoms with Gasteiger partial charge in [-0.15, -0.1) is 0 Å².